The number of hydrogen-bond acceptors (Lipinski definition) is 2. The van der Waals surface area contributed by atoms with E-state index in [2.05, 4.69) is 31.0 Å². The van der Waals surface area contributed by atoms with Crippen molar-refractivity contribution in [3.05, 3.63) is 34.6 Å². The molecule has 2 unspecified atom stereocenters. The lowest BCUT2D eigenvalue weighted by atomic mass is 9.98. The normalized spacial score (nSPS) is 24.9. The Bertz CT molecular complexity index is 436. The average molecular weight is 285 g/mol. The summed E-state index contributed by atoms with van der Waals surface area (Å²) in [6, 6.07) is 6.08. The van der Waals surface area contributed by atoms with Crippen molar-refractivity contribution < 1.29 is 4.39 Å². The van der Waals surface area contributed by atoms with Crippen molar-refractivity contribution in [3.63, 3.8) is 0 Å². The Balaban J connectivity index is 2.11. The highest BCUT2D eigenvalue weighted by Crippen LogP contribution is 2.21. The molecule has 19 heavy (non-hydrogen) atoms. The van der Waals surface area contributed by atoms with Crippen LogP contribution in [0.15, 0.2) is 18.2 Å². The number of rotatable bonds is 3. The molecule has 106 valence electrons. The maximum atomic E-state index is 13.5. The molecule has 2 nitrogen and oxygen atoms in total. The maximum absolute atomic E-state index is 13.5. The Morgan fingerprint density at radius 3 is 2.84 bits per heavy atom. The largest absolute Gasteiger partial charge is 0.311 e. The molecule has 1 heterocycles. The van der Waals surface area contributed by atoms with Crippen LogP contribution >= 0.6 is 11.6 Å². The van der Waals surface area contributed by atoms with Crippen LogP contribution in [0.25, 0.3) is 0 Å². The third kappa shape index (κ3) is 3.68. The van der Waals surface area contributed by atoms with Gasteiger partial charge in [0.1, 0.15) is 5.82 Å². The van der Waals surface area contributed by atoms with Crippen molar-refractivity contribution in [1.82, 2.24) is 10.2 Å². The quantitative estimate of drug-likeness (QED) is 0.916. The number of benzene rings is 1. The van der Waals surface area contributed by atoms with Crippen LogP contribution in [0.1, 0.15) is 26.3 Å². The molecule has 1 aliphatic rings. The van der Waals surface area contributed by atoms with Gasteiger partial charge in [-0.1, -0.05) is 31.5 Å². The first-order valence-corrected chi connectivity index (χ1v) is 7.26. The summed E-state index contributed by atoms with van der Waals surface area (Å²) in [5.41, 5.74) is 0.988. The van der Waals surface area contributed by atoms with Crippen molar-refractivity contribution in [2.45, 2.75) is 39.4 Å². The van der Waals surface area contributed by atoms with Gasteiger partial charge in [-0.2, -0.15) is 0 Å². The standard InChI is InChI=1S/C15H22ClFN2/c1-10(2)15-7-18-11(3)8-19(15)9-12-4-5-13(16)14(17)6-12/h4-6,10-11,15,18H,7-9H2,1-3H3. The van der Waals surface area contributed by atoms with E-state index in [0.717, 1.165) is 25.2 Å². The molecule has 0 aliphatic carbocycles. The van der Waals surface area contributed by atoms with E-state index in [-0.39, 0.29) is 10.8 Å². The van der Waals surface area contributed by atoms with Gasteiger partial charge < -0.3 is 5.32 Å². The Kier molecular flexibility index (Phi) is 4.82. The monoisotopic (exact) mass is 284 g/mol. The van der Waals surface area contributed by atoms with Crippen molar-refractivity contribution in [1.29, 1.82) is 0 Å². The average Bonchev–Trinajstić information content (AvgIpc) is 2.33. The van der Waals surface area contributed by atoms with E-state index in [1.165, 1.54) is 0 Å². The number of nitrogens with zero attached hydrogens (tertiary/aromatic N) is 1. The fourth-order valence-corrected chi connectivity index (χ4v) is 2.83. The molecule has 0 amide bonds. The summed E-state index contributed by atoms with van der Waals surface area (Å²) < 4.78 is 13.5. The smallest absolute Gasteiger partial charge is 0.142 e. The van der Waals surface area contributed by atoms with Crippen molar-refractivity contribution in [3.8, 4) is 0 Å². The van der Waals surface area contributed by atoms with Gasteiger partial charge in [0.2, 0.25) is 0 Å². The summed E-state index contributed by atoms with van der Waals surface area (Å²) >= 11 is 5.73. The van der Waals surface area contributed by atoms with Gasteiger partial charge in [0.25, 0.3) is 0 Å². The Labute approximate surface area is 119 Å². The molecule has 4 heteroatoms. The van der Waals surface area contributed by atoms with Gasteiger partial charge in [-0.3, -0.25) is 4.90 Å². The lowest BCUT2D eigenvalue weighted by molar-refractivity contribution is 0.0955. The Hall–Kier alpha value is -0.640. The summed E-state index contributed by atoms with van der Waals surface area (Å²) in [6.07, 6.45) is 0. The van der Waals surface area contributed by atoms with Crippen LogP contribution in [0.4, 0.5) is 4.39 Å². The second-order valence-corrected chi connectivity index (χ2v) is 6.21. The van der Waals surface area contributed by atoms with Crippen LogP contribution in [0.5, 0.6) is 0 Å². The van der Waals surface area contributed by atoms with Crippen molar-refractivity contribution in [2.24, 2.45) is 5.92 Å². The second-order valence-electron chi connectivity index (χ2n) is 5.80. The minimum Gasteiger partial charge on any atom is -0.311 e. The fourth-order valence-electron chi connectivity index (χ4n) is 2.71. The van der Waals surface area contributed by atoms with Gasteiger partial charge in [0.05, 0.1) is 5.02 Å². The molecule has 0 spiro atoms. The highest BCUT2D eigenvalue weighted by atomic mass is 35.5. The zero-order valence-corrected chi connectivity index (χ0v) is 12.5. The molecule has 0 radical (unpaired) electrons. The zero-order valence-electron chi connectivity index (χ0n) is 11.8. The van der Waals surface area contributed by atoms with Crippen molar-refractivity contribution >= 4 is 11.6 Å². The minimum atomic E-state index is -0.330. The molecule has 1 saturated heterocycles. The molecule has 0 saturated carbocycles. The SMILES string of the molecule is CC1CN(Cc2ccc(Cl)c(F)c2)C(C(C)C)CN1. The molecular weight excluding hydrogens is 263 g/mol. The summed E-state index contributed by atoms with van der Waals surface area (Å²) in [7, 11) is 0. The molecule has 1 aliphatic heterocycles. The van der Waals surface area contributed by atoms with Gasteiger partial charge in [-0.15, -0.1) is 0 Å². The summed E-state index contributed by atoms with van der Waals surface area (Å²) in [5.74, 6) is 0.251. The van der Waals surface area contributed by atoms with E-state index in [9.17, 15) is 4.39 Å². The van der Waals surface area contributed by atoms with E-state index < -0.39 is 0 Å². The van der Waals surface area contributed by atoms with Crippen molar-refractivity contribution in [2.75, 3.05) is 13.1 Å². The topological polar surface area (TPSA) is 15.3 Å². The van der Waals surface area contributed by atoms with Crippen LogP contribution in [0.3, 0.4) is 0 Å². The van der Waals surface area contributed by atoms with Gasteiger partial charge in [0, 0.05) is 31.7 Å². The molecular formula is C15H22ClFN2. The molecule has 1 aromatic rings. The summed E-state index contributed by atoms with van der Waals surface area (Å²) in [5, 5.41) is 3.71. The fraction of sp³-hybridized carbons (Fsp3) is 0.600. The number of hydrogen-bond donors (Lipinski definition) is 1. The van der Waals surface area contributed by atoms with E-state index in [4.69, 9.17) is 11.6 Å². The molecule has 1 aromatic carbocycles. The Morgan fingerprint density at radius 1 is 1.47 bits per heavy atom. The minimum absolute atomic E-state index is 0.192. The molecule has 2 rings (SSSR count). The first-order chi connectivity index (χ1) is 8.97. The van der Waals surface area contributed by atoms with Crippen LogP contribution in [-0.2, 0) is 6.54 Å². The third-order valence-electron chi connectivity index (χ3n) is 3.79. The second kappa shape index (κ2) is 6.21. The molecule has 2 atom stereocenters. The molecule has 0 aromatic heterocycles. The summed E-state index contributed by atoms with van der Waals surface area (Å²) in [6.45, 7) is 9.42. The van der Waals surface area contributed by atoms with Crippen LogP contribution < -0.4 is 5.32 Å². The predicted octanol–water partition coefficient (Wildman–Crippen LogP) is 3.30. The first-order valence-electron chi connectivity index (χ1n) is 6.88. The van der Waals surface area contributed by atoms with Gasteiger partial charge >= 0.3 is 0 Å². The van der Waals surface area contributed by atoms with Crippen LogP contribution in [0.2, 0.25) is 5.02 Å². The third-order valence-corrected chi connectivity index (χ3v) is 4.10. The number of piperazine rings is 1. The first kappa shape index (κ1) is 14.8. The van der Waals surface area contributed by atoms with Gasteiger partial charge in [-0.05, 0) is 30.5 Å². The van der Waals surface area contributed by atoms with E-state index >= 15 is 0 Å². The molecule has 1 fully saturated rings. The predicted molar refractivity (Wildman–Crippen MR) is 77.9 cm³/mol. The van der Waals surface area contributed by atoms with Crippen LogP contribution in [0, 0.1) is 11.7 Å². The zero-order chi connectivity index (χ0) is 14.0. The highest BCUT2D eigenvalue weighted by Gasteiger charge is 2.27. The van der Waals surface area contributed by atoms with Gasteiger partial charge in [0.15, 0.2) is 0 Å². The van der Waals surface area contributed by atoms with Crippen LogP contribution in [-0.4, -0.2) is 30.1 Å². The maximum Gasteiger partial charge on any atom is 0.142 e. The van der Waals surface area contributed by atoms with E-state index in [1.807, 2.05) is 6.07 Å². The lowest BCUT2D eigenvalue weighted by Gasteiger charge is -2.41. The molecule has 1 N–H and O–H groups in total. The van der Waals surface area contributed by atoms with E-state index in [0.29, 0.717) is 18.0 Å². The number of nitrogens with one attached hydrogen (secondary N) is 1. The Morgan fingerprint density at radius 2 is 2.21 bits per heavy atom. The van der Waals surface area contributed by atoms with Gasteiger partial charge in [-0.25, -0.2) is 4.39 Å². The van der Waals surface area contributed by atoms with E-state index in [1.54, 1.807) is 12.1 Å². The highest BCUT2D eigenvalue weighted by molar-refractivity contribution is 6.30. The molecule has 0 bridgehead atoms. The lowest BCUT2D eigenvalue weighted by Crippen LogP contribution is -2.56. The number of halogens is 2. The summed E-state index contributed by atoms with van der Waals surface area (Å²) in [4.78, 5) is 2.44.